The van der Waals surface area contributed by atoms with Crippen LogP contribution in [-0.4, -0.2) is 43.1 Å². The smallest absolute Gasteiger partial charge is 0.208 e. The zero-order chi connectivity index (χ0) is 18.2. The molecule has 0 bridgehead atoms. The summed E-state index contributed by atoms with van der Waals surface area (Å²) >= 11 is 0. The van der Waals surface area contributed by atoms with E-state index in [1.54, 1.807) is 10.9 Å². The van der Waals surface area contributed by atoms with Crippen molar-refractivity contribution in [1.82, 2.24) is 24.9 Å². The van der Waals surface area contributed by atoms with Gasteiger partial charge in [0.15, 0.2) is 0 Å². The zero-order valence-electron chi connectivity index (χ0n) is 15.9. The molecule has 25 heavy (non-hydrogen) atoms. The van der Waals surface area contributed by atoms with E-state index in [0.29, 0.717) is 31.1 Å². The van der Waals surface area contributed by atoms with Crippen molar-refractivity contribution in [3.05, 3.63) is 29.7 Å². The van der Waals surface area contributed by atoms with Crippen molar-refractivity contribution in [2.45, 2.75) is 71.1 Å². The van der Waals surface area contributed by atoms with Crippen molar-refractivity contribution in [3.63, 3.8) is 0 Å². The highest BCUT2D eigenvalue weighted by Crippen LogP contribution is 2.31. The molecule has 0 radical (unpaired) electrons. The van der Waals surface area contributed by atoms with E-state index in [-0.39, 0.29) is 11.5 Å². The summed E-state index contributed by atoms with van der Waals surface area (Å²) < 4.78 is 7.68. The fourth-order valence-corrected chi connectivity index (χ4v) is 3.13. The second-order valence-corrected chi connectivity index (χ2v) is 8.39. The maximum absolute atomic E-state index is 11.1. The number of nitrogens with zero attached hydrogens (tertiary/aromatic N) is 5. The van der Waals surface area contributed by atoms with Gasteiger partial charge in [0.25, 0.3) is 0 Å². The van der Waals surface area contributed by atoms with E-state index in [9.17, 15) is 5.11 Å². The molecule has 0 unspecified atom stereocenters. The third-order valence-corrected chi connectivity index (χ3v) is 4.72. The van der Waals surface area contributed by atoms with Crippen LogP contribution in [0.15, 0.2) is 16.8 Å². The molecule has 0 amide bonds. The second kappa shape index (κ2) is 6.53. The lowest BCUT2D eigenvalue weighted by Crippen LogP contribution is -2.46. The van der Waals surface area contributed by atoms with Crippen molar-refractivity contribution in [1.29, 1.82) is 0 Å². The zero-order valence-corrected chi connectivity index (χ0v) is 15.9. The molecule has 1 fully saturated rings. The molecule has 1 saturated heterocycles. The average molecular weight is 347 g/mol. The van der Waals surface area contributed by atoms with Crippen molar-refractivity contribution >= 4 is 0 Å². The number of β-amino-alcohol motifs (C(OH)–C–C–N with tert-alkyl or cyclic N) is 1. The fraction of sp³-hybridized carbons (Fsp3) is 0.722. The normalized spacial score (nSPS) is 22.7. The van der Waals surface area contributed by atoms with Crippen LogP contribution >= 0.6 is 0 Å². The van der Waals surface area contributed by atoms with Gasteiger partial charge in [-0.25, -0.2) is 9.67 Å². The van der Waals surface area contributed by atoms with E-state index in [4.69, 9.17) is 4.42 Å². The lowest BCUT2D eigenvalue weighted by atomic mass is 9.90. The molecule has 7 heteroatoms. The molecule has 0 saturated carbocycles. The lowest BCUT2D eigenvalue weighted by molar-refractivity contribution is -0.0434. The minimum atomic E-state index is -0.967. The van der Waals surface area contributed by atoms with Crippen molar-refractivity contribution in [2.24, 2.45) is 0 Å². The number of aromatic nitrogens is 4. The second-order valence-electron chi connectivity index (χ2n) is 8.39. The van der Waals surface area contributed by atoms with E-state index in [1.165, 1.54) is 0 Å². The van der Waals surface area contributed by atoms with Gasteiger partial charge in [-0.2, -0.15) is 0 Å². The standard InChI is InChI=1S/C18H29N5O2/c1-13(2)23-10-14(20-21-23)18(24)7-6-8-22(12-18)11-16-19-9-15(25-16)17(3,4)5/h9-10,13,24H,6-8,11-12H2,1-5H3/t18-/m0/s1. The van der Waals surface area contributed by atoms with Crippen LogP contribution in [0.25, 0.3) is 0 Å². The van der Waals surface area contributed by atoms with Gasteiger partial charge in [-0.05, 0) is 33.2 Å². The Morgan fingerprint density at radius 1 is 1.36 bits per heavy atom. The Labute approximate surface area is 149 Å². The first-order chi connectivity index (χ1) is 11.7. The Balaban J connectivity index is 1.71. The van der Waals surface area contributed by atoms with Crippen LogP contribution in [0.1, 0.15) is 70.8 Å². The minimum absolute atomic E-state index is 0.0523. The van der Waals surface area contributed by atoms with Gasteiger partial charge in [-0.15, -0.1) is 5.10 Å². The van der Waals surface area contributed by atoms with Gasteiger partial charge < -0.3 is 9.52 Å². The Morgan fingerprint density at radius 3 is 2.72 bits per heavy atom. The maximum atomic E-state index is 11.1. The van der Waals surface area contributed by atoms with Crippen LogP contribution in [0.5, 0.6) is 0 Å². The summed E-state index contributed by atoms with van der Waals surface area (Å²) in [6.07, 6.45) is 5.26. The number of oxazole rings is 1. The van der Waals surface area contributed by atoms with Gasteiger partial charge in [-0.3, -0.25) is 4.90 Å². The lowest BCUT2D eigenvalue weighted by Gasteiger charge is -2.37. The summed E-state index contributed by atoms with van der Waals surface area (Å²) in [5, 5.41) is 19.5. The molecule has 1 aliphatic rings. The van der Waals surface area contributed by atoms with Gasteiger partial charge in [0.1, 0.15) is 17.1 Å². The molecule has 1 N–H and O–H groups in total. The molecular formula is C18H29N5O2. The topological polar surface area (TPSA) is 80.2 Å². The number of piperidine rings is 1. The number of aliphatic hydroxyl groups is 1. The Morgan fingerprint density at radius 2 is 2.12 bits per heavy atom. The summed E-state index contributed by atoms with van der Waals surface area (Å²) in [5.41, 5.74) is -0.373. The van der Waals surface area contributed by atoms with E-state index in [0.717, 1.165) is 18.7 Å². The van der Waals surface area contributed by atoms with E-state index < -0.39 is 5.60 Å². The average Bonchev–Trinajstić information content (AvgIpc) is 3.16. The van der Waals surface area contributed by atoms with Crippen molar-refractivity contribution in [3.8, 4) is 0 Å². The van der Waals surface area contributed by atoms with Gasteiger partial charge in [0.05, 0.1) is 18.9 Å². The van der Waals surface area contributed by atoms with Gasteiger partial charge in [0.2, 0.25) is 5.89 Å². The highest BCUT2D eigenvalue weighted by molar-refractivity contribution is 5.10. The highest BCUT2D eigenvalue weighted by Gasteiger charge is 2.38. The van der Waals surface area contributed by atoms with Crippen LogP contribution in [0, 0.1) is 0 Å². The Kier molecular flexibility index (Phi) is 4.72. The van der Waals surface area contributed by atoms with Crippen LogP contribution in [-0.2, 0) is 17.6 Å². The maximum Gasteiger partial charge on any atom is 0.208 e. The molecule has 0 aliphatic carbocycles. The predicted octanol–water partition coefficient (Wildman–Crippen LogP) is 2.63. The third kappa shape index (κ3) is 3.93. The van der Waals surface area contributed by atoms with Crippen molar-refractivity contribution < 1.29 is 9.52 Å². The number of likely N-dealkylation sites (tertiary alicyclic amines) is 1. The van der Waals surface area contributed by atoms with Crippen LogP contribution in [0.4, 0.5) is 0 Å². The fourth-order valence-electron chi connectivity index (χ4n) is 3.13. The highest BCUT2D eigenvalue weighted by atomic mass is 16.4. The first-order valence-corrected chi connectivity index (χ1v) is 9.00. The van der Waals surface area contributed by atoms with Gasteiger partial charge in [0, 0.05) is 18.0 Å². The summed E-state index contributed by atoms with van der Waals surface area (Å²) in [6, 6.07) is 0.229. The predicted molar refractivity (Wildman–Crippen MR) is 94.0 cm³/mol. The van der Waals surface area contributed by atoms with Crippen LogP contribution in [0.2, 0.25) is 0 Å². The molecule has 0 aromatic carbocycles. The van der Waals surface area contributed by atoms with Gasteiger partial charge >= 0.3 is 0 Å². The third-order valence-electron chi connectivity index (χ3n) is 4.72. The number of hydrogen-bond acceptors (Lipinski definition) is 6. The number of hydrogen-bond donors (Lipinski definition) is 1. The Bertz CT molecular complexity index is 715. The molecule has 3 rings (SSSR count). The SMILES string of the molecule is CC(C)n1cc([C@]2(O)CCCN(Cc3ncc(C(C)(C)C)o3)C2)nn1. The molecule has 2 aromatic heterocycles. The van der Waals surface area contributed by atoms with Crippen LogP contribution in [0.3, 0.4) is 0 Å². The largest absolute Gasteiger partial charge is 0.444 e. The molecule has 1 atom stereocenters. The van der Waals surface area contributed by atoms with Gasteiger partial charge in [-0.1, -0.05) is 26.0 Å². The number of rotatable bonds is 4. The van der Waals surface area contributed by atoms with E-state index in [1.807, 2.05) is 20.0 Å². The first-order valence-electron chi connectivity index (χ1n) is 9.00. The van der Waals surface area contributed by atoms with E-state index in [2.05, 4.69) is 41.0 Å². The quantitative estimate of drug-likeness (QED) is 0.916. The Hall–Kier alpha value is -1.73. The molecule has 138 valence electrons. The molecule has 2 aromatic rings. The summed E-state index contributed by atoms with van der Waals surface area (Å²) in [6.45, 7) is 12.4. The monoisotopic (exact) mass is 347 g/mol. The molecular weight excluding hydrogens is 318 g/mol. The first kappa shape index (κ1) is 18.1. The minimum Gasteiger partial charge on any atom is -0.444 e. The molecule has 3 heterocycles. The van der Waals surface area contributed by atoms with Crippen molar-refractivity contribution in [2.75, 3.05) is 13.1 Å². The molecule has 0 spiro atoms. The van der Waals surface area contributed by atoms with Crippen LogP contribution < -0.4 is 0 Å². The summed E-state index contributed by atoms with van der Waals surface area (Å²) in [4.78, 5) is 6.58. The molecule has 1 aliphatic heterocycles. The summed E-state index contributed by atoms with van der Waals surface area (Å²) in [7, 11) is 0. The van der Waals surface area contributed by atoms with E-state index >= 15 is 0 Å². The summed E-state index contributed by atoms with van der Waals surface area (Å²) in [5.74, 6) is 1.58. The molecule has 7 nitrogen and oxygen atoms in total.